The summed E-state index contributed by atoms with van der Waals surface area (Å²) in [5.41, 5.74) is 0. The molecule has 2 amide bonds. The van der Waals surface area contributed by atoms with E-state index in [1.54, 1.807) is 17.1 Å². The minimum absolute atomic E-state index is 0.00714. The molecule has 3 rings (SSSR count). The summed E-state index contributed by atoms with van der Waals surface area (Å²) in [6.45, 7) is 2.06. The Bertz CT molecular complexity index is 512. The van der Waals surface area contributed by atoms with Gasteiger partial charge in [-0.25, -0.2) is 0 Å². The van der Waals surface area contributed by atoms with Gasteiger partial charge in [0.15, 0.2) is 0 Å². The Labute approximate surface area is 130 Å². The average Bonchev–Trinajstić information content (AvgIpc) is 3.27. The van der Waals surface area contributed by atoms with Gasteiger partial charge in [0.2, 0.25) is 11.8 Å². The van der Waals surface area contributed by atoms with E-state index in [0.29, 0.717) is 6.54 Å². The monoisotopic (exact) mass is 305 g/mol. The third-order valence-corrected chi connectivity index (χ3v) is 4.35. The van der Waals surface area contributed by atoms with Crippen LogP contribution in [0.25, 0.3) is 0 Å². The van der Waals surface area contributed by atoms with Gasteiger partial charge >= 0.3 is 0 Å². The number of hydrogen-bond donors (Lipinski definition) is 1. The zero-order valence-electron chi connectivity index (χ0n) is 12.8. The highest BCUT2D eigenvalue weighted by atomic mass is 16.2. The molecule has 2 aliphatic rings. The van der Waals surface area contributed by atoms with Crippen LogP contribution in [0.5, 0.6) is 0 Å². The predicted octanol–water partition coefficient (Wildman–Crippen LogP) is 0.575. The minimum atomic E-state index is -0.270. The Hall–Kier alpha value is -1.92. The Balaban J connectivity index is 1.45. The van der Waals surface area contributed by atoms with Crippen molar-refractivity contribution in [1.29, 1.82) is 0 Å². The largest absolute Gasteiger partial charge is 0.354 e. The van der Waals surface area contributed by atoms with E-state index in [9.17, 15) is 9.59 Å². The summed E-state index contributed by atoms with van der Waals surface area (Å²) in [7, 11) is 0. The van der Waals surface area contributed by atoms with Crippen LogP contribution < -0.4 is 5.32 Å². The quantitative estimate of drug-likeness (QED) is 0.780. The lowest BCUT2D eigenvalue weighted by Gasteiger charge is -2.35. The van der Waals surface area contributed by atoms with E-state index in [0.717, 1.165) is 51.6 Å². The second-order valence-corrected chi connectivity index (χ2v) is 6.13. The lowest BCUT2D eigenvalue weighted by Crippen LogP contribution is -2.52. The van der Waals surface area contributed by atoms with Crippen LogP contribution in [0.4, 0.5) is 0 Å². The van der Waals surface area contributed by atoms with Gasteiger partial charge in [-0.3, -0.25) is 14.3 Å². The molecule has 0 aromatic carbocycles. The number of aromatic nitrogens is 3. The number of rotatable bonds is 6. The third kappa shape index (κ3) is 3.64. The van der Waals surface area contributed by atoms with Crippen LogP contribution in [0.15, 0.2) is 12.4 Å². The molecule has 0 spiro atoms. The highest BCUT2D eigenvalue weighted by Gasteiger charge is 2.39. The number of nitrogens with one attached hydrogen (secondary N) is 1. The summed E-state index contributed by atoms with van der Waals surface area (Å²) >= 11 is 0. The number of carbonyl (C=O) groups excluding carboxylic acids is 2. The van der Waals surface area contributed by atoms with Crippen LogP contribution in [0.2, 0.25) is 0 Å². The molecule has 1 aliphatic heterocycles. The fourth-order valence-corrected chi connectivity index (χ4v) is 2.96. The van der Waals surface area contributed by atoms with Gasteiger partial charge in [0, 0.05) is 31.7 Å². The second-order valence-electron chi connectivity index (χ2n) is 6.13. The van der Waals surface area contributed by atoms with Gasteiger partial charge in [-0.15, -0.1) is 5.10 Å². The van der Waals surface area contributed by atoms with E-state index < -0.39 is 0 Å². The van der Waals surface area contributed by atoms with E-state index in [1.165, 1.54) is 0 Å². The van der Waals surface area contributed by atoms with E-state index >= 15 is 0 Å². The number of nitrogens with zero attached hydrogens (tertiary/aromatic N) is 4. The molecule has 0 radical (unpaired) electrons. The molecule has 2 fully saturated rings. The van der Waals surface area contributed by atoms with Gasteiger partial charge in [0.1, 0.15) is 6.04 Å². The fourth-order valence-electron chi connectivity index (χ4n) is 2.96. The number of piperidine rings is 1. The van der Waals surface area contributed by atoms with E-state index in [4.69, 9.17) is 0 Å². The molecular formula is C15H23N5O2. The van der Waals surface area contributed by atoms with Crippen LogP contribution in [0.3, 0.4) is 0 Å². The van der Waals surface area contributed by atoms with Crippen molar-refractivity contribution in [2.45, 2.75) is 51.1 Å². The van der Waals surface area contributed by atoms with Gasteiger partial charge in [0.25, 0.3) is 0 Å². The second kappa shape index (κ2) is 6.89. The summed E-state index contributed by atoms with van der Waals surface area (Å²) in [6, 6.07) is -0.270. The Morgan fingerprint density at radius 2 is 2.09 bits per heavy atom. The molecule has 1 aromatic heterocycles. The first-order valence-corrected chi connectivity index (χ1v) is 8.18. The summed E-state index contributed by atoms with van der Waals surface area (Å²) in [4.78, 5) is 26.5. The topological polar surface area (TPSA) is 80.1 Å². The van der Waals surface area contributed by atoms with Gasteiger partial charge in [-0.1, -0.05) is 5.21 Å². The molecule has 7 nitrogen and oxygen atoms in total. The number of aryl methyl sites for hydroxylation is 1. The van der Waals surface area contributed by atoms with Gasteiger partial charge in [0.05, 0.1) is 6.20 Å². The fraction of sp³-hybridized carbons (Fsp3) is 0.733. The summed E-state index contributed by atoms with van der Waals surface area (Å²) < 4.78 is 1.75. The standard InChI is InChI=1S/C15H23N5O2/c21-14(16-7-3-9-19-11-8-17-18-19)13-4-1-2-10-20(13)15(22)12-5-6-12/h8,11-13H,1-7,9-10H2,(H,16,21). The lowest BCUT2D eigenvalue weighted by molar-refractivity contribution is -0.143. The molecular weight excluding hydrogens is 282 g/mol. The minimum Gasteiger partial charge on any atom is -0.354 e. The van der Waals surface area contributed by atoms with Crippen molar-refractivity contribution in [2.24, 2.45) is 5.92 Å². The highest BCUT2D eigenvalue weighted by Crippen LogP contribution is 2.33. The lowest BCUT2D eigenvalue weighted by atomic mass is 10.0. The molecule has 1 aromatic rings. The van der Waals surface area contributed by atoms with Crippen molar-refractivity contribution in [1.82, 2.24) is 25.2 Å². The Morgan fingerprint density at radius 1 is 1.23 bits per heavy atom. The zero-order valence-corrected chi connectivity index (χ0v) is 12.8. The Kier molecular flexibility index (Phi) is 4.70. The molecule has 120 valence electrons. The van der Waals surface area contributed by atoms with Crippen LogP contribution in [-0.4, -0.2) is 50.8 Å². The molecule has 1 aliphatic carbocycles. The van der Waals surface area contributed by atoms with Crippen LogP contribution >= 0.6 is 0 Å². The van der Waals surface area contributed by atoms with E-state index in [-0.39, 0.29) is 23.8 Å². The normalized spacial score (nSPS) is 21.6. The van der Waals surface area contributed by atoms with Gasteiger partial charge in [-0.05, 0) is 38.5 Å². The molecule has 1 saturated heterocycles. The number of amides is 2. The summed E-state index contributed by atoms with van der Waals surface area (Å²) in [5, 5.41) is 10.6. The van der Waals surface area contributed by atoms with Crippen molar-refractivity contribution in [2.75, 3.05) is 13.1 Å². The van der Waals surface area contributed by atoms with Crippen molar-refractivity contribution < 1.29 is 9.59 Å². The third-order valence-electron chi connectivity index (χ3n) is 4.35. The molecule has 1 atom stereocenters. The van der Waals surface area contributed by atoms with Crippen molar-refractivity contribution >= 4 is 11.8 Å². The van der Waals surface area contributed by atoms with Crippen molar-refractivity contribution in [3.63, 3.8) is 0 Å². The van der Waals surface area contributed by atoms with Crippen molar-refractivity contribution in [3.8, 4) is 0 Å². The number of carbonyl (C=O) groups is 2. The number of hydrogen-bond acceptors (Lipinski definition) is 4. The first-order chi connectivity index (χ1) is 10.8. The van der Waals surface area contributed by atoms with E-state index in [1.807, 2.05) is 4.90 Å². The first-order valence-electron chi connectivity index (χ1n) is 8.18. The predicted molar refractivity (Wildman–Crippen MR) is 79.7 cm³/mol. The molecule has 22 heavy (non-hydrogen) atoms. The smallest absolute Gasteiger partial charge is 0.242 e. The molecule has 2 heterocycles. The molecule has 1 N–H and O–H groups in total. The molecule has 1 saturated carbocycles. The summed E-state index contributed by atoms with van der Waals surface area (Å²) in [6.07, 6.45) is 9.04. The molecule has 1 unspecified atom stereocenters. The van der Waals surface area contributed by atoms with Gasteiger partial charge < -0.3 is 10.2 Å². The van der Waals surface area contributed by atoms with Crippen LogP contribution in [-0.2, 0) is 16.1 Å². The Morgan fingerprint density at radius 3 is 2.82 bits per heavy atom. The average molecular weight is 305 g/mol. The van der Waals surface area contributed by atoms with Crippen LogP contribution in [0.1, 0.15) is 38.5 Å². The van der Waals surface area contributed by atoms with E-state index in [2.05, 4.69) is 15.6 Å². The SMILES string of the molecule is O=C(NCCCn1ccnn1)C1CCCCN1C(=O)C1CC1. The highest BCUT2D eigenvalue weighted by molar-refractivity contribution is 5.89. The molecule has 7 heteroatoms. The van der Waals surface area contributed by atoms with Gasteiger partial charge in [-0.2, -0.15) is 0 Å². The maximum absolute atomic E-state index is 12.4. The maximum Gasteiger partial charge on any atom is 0.242 e. The summed E-state index contributed by atoms with van der Waals surface area (Å²) in [5.74, 6) is 0.357. The maximum atomic E-state index is 12.4. The molecule has 0 bridgehead atoms. The van der Waals surface area contributed by atoms with Crippen molar-refractivity contribution in [3.05, 3.63) is 12.4 Å². The zero-order chi connectivity index (χ0) is 15.4. The number of likely N-dealkylation sites (tertiary alicyclic amines) is 1. The first kappa shape index (κ1) is 15.0. The van der Waals surface area contributed by atoms with Crippen LogP contribution in [0, 0.1) is 5.92 Å².